The van der Waals surface area contributed by atoms with Crippen LogP contribution in [0.4, 0.5) is 5.69 Å². The summed E-state index contributed by atoms with van der Waals surface area (Å²) < 4.78 is 5.36. The van der Waals surface area contributed by atoms with Crippen LogP contribution in [0.15, 0.2) is 97.1 Å². The van der Waals surface area contributed by atoms with Gasteiger partial charge in [0.2, 0.25) is 0 Å². The second-order valence-electron chi connectivity index (χ2n) is 7.96. The van der Waals surface area contributed by atoms with Gasteiger partial charge in [0.25, 0.3) is 5.91 Å². The van der Waals surface area contributed by atoms with Gasteiger partial charge in [-0.15, -0.1) is 0 Å². The maximum Gasteiger partial charge on any atom is 0.274 e. The molecule has 5 nitrogen and oxygen atoms in total. The van der Waals surface area contributed by atoms with Crippen molar-refractivity contribution in [1.29, 1.82) is 0 Å². The maximum atomic E-state index is 13.1. The number of carbonyl (C=O) groups excluding carboxylic acids is 2. The first-order valence-corrected chi connectivity index (χ1v) is 11.0. The molecule has 0 unspecified atom stereocenters. The van der Waals surface area contributed by atoms with Crippen LogP contribution in [0.1, 0.15) is 26.4 Å². The number of pyridine rings is 1. The Morgan fingerprint density at radius 1 is 0.794 bits per heavy atom. The molecule has 0 fully saturated rings. The van der Waals surface area contributed by atoms with E-state index in [1.165, 1.54) is 0 Å². The van der Waals surface area contributed by atoms with E-state index in [9.17, 15) is 9.59 Å². The van der Waals surface area contributed by atoms with Crippen LogP contribution >= 0.6 is 0 Å². The van der Waals surface area contributed by atoms with Crippen LogP contribution in [0.25, 0.3) is 21.7 Å². The van der Waals surface area contributed by atoms with E-state index in [4.69, 9.17) is 4.74 Å². The van der Waals surface area contributed by atoms with Crippen LogP contribution in [0.5, 0.6) is 5.75 Å². The van der Waals surface area contributed by atoms with Gasteiger partial charge in [-0.2, -0.15) is 0 Å². The Bertz CT molecular complexity index is 1540. The fourth-order valence-corrected chi connectivity index (χ4v) is 4.19. The molecule has 5 aromatic rings. The van der Waals surface area contributed by atoms with Crippen molar-refractivity contribution in [3.05, 3.63) is 114 Å². The van der Waals surface area contributed by atoms with Crippen molar-refractivity contribution in [1.82, 2.24) is 4.98 Å². The van der Waals surface area contributed by atoms with Crippen LogP contribution in [0.3, 0.4) is 0 Å². The summed E-state index contributed by atoms with van der Waals surface area (Å²) in [5.74, 6) is 0.190. The summed E-state index contributed by atoms with van der Waals surface area (Å²) >= 11 is 0. The largest absolute Gasteiger partial charge is 0.496 e. The Hall–Kier alpha value is -4.51. The van der Waals surface area contributed by atoms with Crippen molar-refractivity contribution in [3.63, 3.8) is 0 Å². The topological polar surface area (TPSA) is 68.3 Å². The molecule has 0 bridgehead atoms. The van der Waals surface area contributed by atoms with E-state index in [0.29, 0.717) is 22.7 Å². The van der Waals surface area contributed by atoms with Gasteiger partial charge in [0.15, 0.2) is 5.78 Å². The SMILES string of the molecule is COc1ccccc1C(=O)Cc1cccc2cccc(NC(=O)c3ccc4ccccc4n3)c12. The van der Waals surface area contributed by atoms with Crippen molar-refractivity contribution in [2.75, 3.05) is 12.4 Å². The minimum absolute atomic E-state index is 0.0534. The van der Waals surface area contributed by atoms with E-state index in [-0.39, 0.29) is 18.1 Å². The zero-order valence-corrected chi connectivity index (χ0v) is 18.6. The lowest BCUT2D eigenvalue weighted by molar-refractivity contribution is 0.0988. The summed E-state index contributed by atoms with van der Waals surface area (Å²) in [6, 6.07) is 30.0. The highest BCUT2D eigenvalue weighted by Crippen LogP contribution is 2.29. The summed E-state index contributed by atoms with van der Waals surface area (Å²) in [5.41, 5.74) is 3.09. The average molecular weight is 447 g/mol. The Morgan fingerprint density at radius 2 is 1.53 bits per heavy atom. The van der Waals surface area contributed by atoms with Crippen molar-refractivity contribution in [2.45, 2.75) is 6.42 Å². The second kappa shape index (κ2) is 9.16. The molecule has 0 aliphatic carbocycles. The lowest BCUT2D eigenvalue weighted by atomic mass is 9.96. The molecule has 0 atom stereocenters. The number of aromatic nitrogens is 1. The summed E-state index contributed by atoms with van der Waals surface area (Å²) in [6.45, 7) is 0. The highest BCUT2D eigenvalue weighted by molar-refractivity contribution is 6.11. The predicted molar refractivity (Wildman–Crippen MR) is 135 cm³/mol. The first kappa shape index (κ1) is 21.3. The maximum absolute atomic E-state index is 13.1. The number of ether oxygens (including phenoxy) is 1. The highest BCUT2D eigenvalue weighted by atomic mass is 16.5. The molecule has 0 aliphatic rings. The second-order valence-corrected chi connectivity index (χ2v) is 7.96. The number of hydrogen-bond donors (Lipinski definition) is 1. The number of ketones is 1. The zero-order chi connectivity index (χ0) is 23.5. The fraction of sp³-hybridized carbons (Fsp3) is 0.0690. The van der Waals surface area contributed by atoms with Gasteiger partial charge in [0.05, 0.1) is 18.2 Å². The number of nitrogens with zero attached hydrogens (tertiary/aromatic N) is 1. The quantitative estimate of drug-likeness (QED) is 0.321. The molecule has 1 aromatic heterocycles. The molecule has 4 aromatic carbocycles. The number of para-hydroxylation sites is 2. The molecule has 0 saturated carbocycles. The third-order valence-corrected chi connectivity index (χ3v) is 5.83. The lowest BCUT2D eigenvalue weighted by Crippen LogP contribution is -2.14. The first-order valence-electron chi connectivity index (χ1n) is 11.0. The summed E-state index contributed by atoms with van der Waals surface area (Å²) in [6.07, 6.45) is 0.179. The number of rotatable bonds is 6. The van der Waals surface area contributed by atoms with Gasteiger partial charge in [-0.3, -0.25) is 9.59 Å². The van der Waals surface area contributed by atoms with E-state index >= 15 is 0 Å². The molecule has 166 valence electrons. The van der Waals surface area contributed by atoms with Crippen LogP contribution in [0.2, 0.25) is 0 Å². The van der Waals surface area contributed by atoms with E-state index < -0.39 is 0 Å². The van der Waals surface area contributed by atoms with Crippen molar-refractivity contribution in [2.24, 2.45) is 0 Å². The smallest absolute Gasteiger partial charge is 0.274 e. The van der Waals surface area contributed by atoms with Crippen LogP contribution < -0.4 is 10.1 Å². The van der Waals surface area contributed by atoms with Gasteiger partial charge < -0.3 is 10.1 Å². The molecule has 1 N–H and O–H groups in total. The summed E-state index contributed by atoms with van der Waals surface area (Å²) in [4.78, 5) is 30.7. The average Bonchev–Trinajstić information content (AvgIpc) is 2.88. The molecule has 34 heavy (non-hydrogen) atoms. The van der Waals surface area contributed by atoms with Gasteiger partial charge in [-0.05, 0) is 41.3 Å². The number of fused-ring (bicyclic) bond motifs is 2. The zero-order valence-electron chi connectivity index (χ0n) is 18.6. The van der Waals surface area contributed by atoms with E-state index in [2.05, 4.69) is 10.3 Å². The molecule has 0 saturated heterocycles. The third-order valence-electron chi connectivity index (χ3n) is 5.83. The summed E-state index contributed by atoms with van der Waals surface area (Å²) in [5, 5.41) is 5.75. The number of benzene rings is 4. The molecular formula is C29H22N2O3. The highest BCUT2D eigenvalue weighted by Gasteiger charge is 2.17. The van der Waals surface area contributed by atoms with Gasteiger partial charge in [-0.25, -0.2) is 4.98 Å². The number of amides is 1. The molecule has 5 heteroatoms. The molecule has 0 radical (unpaired) electrons. The third kappa shape index (κ3) is 4.11. The van der Waals surface area contributed by atoms with Crippen molar-refractivity contribution in [3.8, 4) is 5.75 Å². The first-order chi connectivity index (χ1) is 16.6. The fourth-order valence-electron chi connectivity index (χ4n) is 4.19. The van der Waals surface area contributed by atoms with E-state index in [1.54, 1.807) is 25.3 Å². The molecular weight excluding hydrogens is 424 g/mol. The molecule has 0 aliphatic heterocycles. The van der Waals surface area contributed by atoms with E-state index in [1.807, 2.05) is 78.9 Å². The van der Waals surface area contributed by atoms with Crippen molar-refractivity contribution >= 4 is 39.1 Å². The lowest BCUT2D eigenvalue weighted by Gasteiger charge is -2.13. The monoisotopic (exact) mass is 446 g/mol. The number of anilines is 1. The number of hydrogen-bond acceptors (Lipinski definition) is 4. The van der Waals surface area contributed by atoms with Crippen LogP contribution in [-0.4, -0.2) is 23.8 Å². The summed E-state index contributed by atoms with van der Waals surface area (Å²) in [7, 11) is 1.55. The Morgan fingerprint density at radius 3 is 2.38 bits per heavy atom. The van der Waals surface area contributed by atoms with Gasteiger partial charge in [0, 0.05) is 22.9 Å². The standard InChI is InChI=1S/C29H22N2O3/c1-34-27-15-5-3-12-22(27)26(32)18-21-11-6-9-20-10-7-14-24(28(20)21)31-29(33)25-17-16-19-8-2-4-13-23(19)30-25/h2-17H,18H2,1H3,(H,31,33). The number of Topliss-reactive ketones (excluding diaryl/α,β-unsaturated/α-hetero) is 1. The minimum atomic E-state index is -0.302. The Balaban J connectivity index is 1.49. The van der Waals surface area contributed by atoms with E-state index in [0.717, 1.165) is 27.2 Å². The van der Waals surface area contributed by atoms with Crippen molar-refractivity contribution < 1.29 is 14.3 Å². The Labute approximate surface area is 197 Å². The number of methoxy groups -OCH3 is 1. The van der Waals surface area contributed by atoms with Crippen LogP contribution in [0, 0.1) is 0 Å². The normalized spacial score (nSPS) is 10.9. The van der Waals surface area contributed by atoms with Gasteiger partial charge in [0.1, 0.15) is 11.4 Å². The number of nitrogens with one attached hydrogen (secondary N) is 1. The van der Waals surface area contributed by atoms with Crippen LogP contribution in [-0.2, 0) is 6.42 Å². The van der Waals surface area contributed by atoms with Gasteiger partial charge >= 0.3 is 0 Å². The Kier molecular flexibility index (Phi) is 5.75. The molecule has 1 amide bonds. The van der Waals surface area contributed by atoms with Gasteiger partial charge in [-0.1, -0.05) is 66.7 Å². The predicted octanol–water partition coefficient (Wildman–Crippen LogP) is 6.07. The minimum Gasteiger partial charge on any atom is -0.496 e. The number of carbonyl (C=O) groups is 2. The molecule has 5 rings (SSSR count). The molecule has 1 heterocycles. The molecule has 0 spiro atoms.